The molecule has 21 heavy (non-hydrogen) atoms. The number of amides is 1. The van der Waals surface area contributed by atoms with E-state index in [9.17, 15) is 18.4 Å². The molecule has 114 valence electrons. The summed E-state index contributed by atoms with van der Waals surface area (Å²) in [7, 11) is 0. The lowest BCUT2D eigenvalue weighted by atomic mass is 9.99. The van der Waals surface area contributed by atoms with Crippen molar-refractivity contribution in [3.05, 3.63) is 29.8 Å². The highest BCUT2D eigenvalue weighted by Crippen LogP contribution is 2.25. The third-order valence-electron chi connectivity index (χ3n) is 3.54. The predicted molar refractivity (Wildman–Crippen MR) is 69.3 cm³/mol. The second-order valence-electron chi connectivity index (χ2n) is 5.04. The van der Waals surface area contributed by atoms with Gasteiger partial charge in [0.15, 0.2) is 0 Å². The van der Waals surface area contributed by atoms with E-state index in [2.05, 4.69) is 4.74 Å². The summed E-state index contributed by atoms with van der Waals surface area (Å²) in [5, 5.41) is 9.05. The van der Waals surface area contributed by atoms with Crippen molar-refractivity contribution in [2.75, 3.05) is 13.1 Å². The molecule has 0 bridgehead atoms. The second-order valence-corrected chi connectivity index (χ2v) is 5.04. The molecule has 1 aliphatic rings. The summed E-state index contributed by atoms with van der Waals surface area (Å²) in [4.78, 5) is 24.7. The standard InChI is InChI=1S/C14H15F2NO4/c1-8-6-17(7-11(8)13(19)20)12(18)9-2-4-10(5-3-9)21-14(15)16/h2-5,8,11,14H,6-7H2,1H3,(H,19,20). The SMILES string of the molecule is CC1CN(C(=O)c2ccc(OC(F)F)cc2)CC1C(=O)O. The van der Waals surface area contributed by atoms with Crippen LogP contribution < -0.4 is 4.74 Å². The Balaban J connectivity index is 2.05. The molecule has 1 aliphatic heterocycles. The van der Waals surface area contributed by atoms with Crippen LogP contribution in [0.2, 0.25) is 0 Å². The molecule has 5 nitrogen and oxygen atoms in total. The van der Waals surface area contributed by atoms with E-state index < -0.39 is 18.5 Å². The largest absolute Gasteiger partial charge is 0.481 e. The van der Waals surface area contributed by atoms with Crippen LogP contribution in [-0.4, -0.2) is 41.6 Å². The van der Waals surface area contributed by atoms with E-state index in [1.165, 1.54) is 29.2 Å². The lowest BCUT2D eigenvalue weighted by Crippen LogP contribution is -2.29. The summed E-state index contributed by atoms with van der Waals surface area (Å²) in [5.74, 6) is -1.95. The first kappa shape index (κ1) is 15.2. The van der Waals surface area contributed by atoms with Crippen LogP contribution in [0.1, 0.15) is 17.3 Å². The molecular formula is C14H15F2NO4. The molecule has 7 heteroatoms. The highest BCUT2D eigenvalue weighted by Gasteiger charge is 2.37. The lowest BCUT2D eigenvalue weighted by Gasteiger charge is -2.16. The van der Waals surface area contributed by atoms with Gasteiger partial charge in [0.1, 0.15) is 5.75 Å². The number of carboxylic acids is 1. The van der Waals surface area contributed by atoms with Gasteiger partial charge in [0.25, 0.3) is 5.91 Å². The maximum atomic E-state index is 12.2. The Labute approximate surface area is 120 Å². The number of likely N-dealkylation sites (tertiary alicyclic amines) is 1. The number of halogens is 2. The van der Waals surface area contributed by atoms with Gasteiger partial charge >= 0.3 is 12.6 Å². The molecule has 2 unspecified atom stereocenters. The van der Waals surface area contributed by atoms with Crippen LogP contribution in [0.15, 0.2) is 24.3 Å². The Kier molecular flexibility index (Phi) is 4.40. The molecule has 1 amide bonds. The summed E-state index contributed by atoms with van der Waals surface area (Å²) in [6.07, 6.45) is 0. The quantitative estimate of drug-likeness (QED) is 0.924. The number of benzene rings is 1. The summed E-state index contributed by atoms with van der Waals surface area (Å²) in [5.41, 5.74) is 0.315. The highest BCUT2D eigenvalue weighted by atomic mass is 19.3. The molecule has 0 aromatic heterocycles. The average molecular weight is 299 g/mol. The zero-order chi connectivity index (χ0) is 15.6. The zero-order valence-corrected chi connectivity index (χ0v) is 11.3. The summed E-state index contributed by atoms with van der Waals surface area (Å²) >= 11 is 0. The van der Waals surface area contributed by atoms with Gasteiger partial charge in [-0.3, -0.25) is 9.59 Å². The Morgan fingerprint density at radius 1 is 1.29 bits per heavy atom. The van der Waals surface area contributed by atoms with Gasteiger partial charge in [-0.2, -0.15) is 8.78 Å². The van der Waals surface area contributed by atoms with Gasteiger partial charge < -0.3 is 14.7 Å². The first-order chi connectivity index (χ1) is 9.88. The van der Waals surface area contributed by atoms with E-state index in [1.54, 1.807) is 6.92 Å². The molecule has 1 fully saturated rings. The summed E-state index contributed by atoms with van der Waals surface area (Å²) in [6.45, 7) is -0.608. The highest BCUT2D eigenvalue weighted by molar-refractivity contribution is 5.95. The summed E-state index contributed by atoms with van der Waals surface area (Å²) in [6, 6.07) is 5.35. The number of ether oxygens (including phenoxy) is 1. The Morgan fingerprint density at radius 3 is 2.38 bits per heavy atom. The normalized spacial score (nSPS) is 21.6. The molecule has 1 aromatic rings. The smallest absolute Gasteiger partial charge is 0.387 e. The number of carbonyl (C=O) groups is 2. The minimum absolute atomic E-state index is 0.0280. The van der Waals surface area contributed by atoms with Crippen molar-refractivity contribution >= 4 is 11.9 Å². The number of aliphatic carboxylic acids is 1. The van der Waals surface area contributed by atoms with Gasteiger partial charge in [-0.15, -0.1) is 0 Å². The fraction of sp³-hybridized carbons (Fsp3) is 0.429. The zero-order valence-electron chi connectivity index (χ0n) is 11.3. The number of nitrogens with zero attached hydrogens (tertiary/aromatic N) is 1. The van der Waals surface area contributed by atoms with Crippen molar-refractivity contribution in [1.82, 2.24) is 4.90 Å². The second kappa shape index (κ2) is 6.07. The molecule has 0 spiro atoms. The number of carbonyl (C=O) groups excluding carboxylic acids is 1. The first-order valence-corrected chi connectivity index (χ1v) is 6.45. The molecule has 0 saturated carbocycles. The Morgan fingerprint density at radius 2 is 1.90 bits per heavy atom. The molecule has 2 atom stereocenters. The maximum absolute atomic E-state index is 12.2. The van der Waals surface area contributed by atoms with Crippen LogP contribution in [0.5, 0.6) is 5.75 Å². The topological polar surface area (TPSA) is 66.8 Å². The van der Waals surface area contributed by atoms with E-state index in [-0.39, 0.29) is 24.1 Å². The number of hydrogen-bond acceptors (Lipinski definition) is 3. The van der Waals surface area contributed by atoms with Crippen LogP contribution in [0, 0.1) is 11.8 Å². The third-order valence-corrected chi connectivity index (χ3v) is 3.54. The minimum atomic E-state index is -2.91. The number of alkyl halides is 2. The van der Waals surface area contributed by atoms with Crippen molar-refractivity contribution in [1.29, 1.82) is 0 Å². The average Bonchev–Trinajstić information content (AvgIpc) is 2.80. The van der Waals surface area contributed by atoms with Gasteiger partial charge in [-0.25, -0.2) is 0 Å². The van der Waals surface area contributed by atoms with Gasteiger partial charge in [0, 0.05) is 18.7 Å². The monoisotopic (exact) mass is 299 g/mol. The molecule has 2 rings (SSSR count). The van der Waals surface area contributed by atoms with E-state index in [0.717, 1.165) is 0 Å². The van der Waals surface area contributed by atoms with Crippen molar-refractivity contribution in [3.63, 3.8) is 0 Å². The molecule has 0 aliphatic carbocycles. The molecule has 1 heterocycles. The number of hydrogen-bond donors (Lipinski definition) is 1. The predicted octanol–water partition coefficient (Wildman–Crippen LogP) is 2.08. The van der Waals surface area contributed by atoms with Crippen LogP contribution in [0.25, 0.3) is 0 Å². The van der Waals surface area contributed by atoms with E-state index in [4.69, 9.17) is 5.11 Å². The van der Waals surface area contributed by atoms with Crippen LogP contribution in [-0.2, 0) is 4.79 Å². The van der Waals surface area contributed by atoms with Crippen LogP contribution >= 0.6 is 0 Å². The number of rotatable bonds is 4. The van der Waals surface area contributed by atoms with E-state index >= 15 is 0 Å². The molecule has 1 N–H and O–H groups in total. The van der Waals surface area contributed by atoms with E-state index in [1.807, 2.05) is 0 Å². The fourth-order valence-electron chi connectivity index (χ4n) is 2.42. The van der Waals surface area contributed by atoms with Crippen LogP contribution in [0.3, 0.4) is 0 Å². The van der Waals surface area contributed by atoms with Crippen molar-refractivity contribution in [2.24, 2.45) is 11.8 Å². The third kappa shape index (κ3) is 3.48. The number of carboxylic acid groups (broad SMARTS) is 1. The van der Waals surface area contributed by atoms with Gasteiger partial charge in [-0.1, -0.05) is 6.92 Å². The lowest BCUT2D eigenvalue weighted by molar-refractivity contribution is -0.142. The minimum Gasteiger partial charge on any atom is -0.481 e. The van der Waals surface area contributed by atoms with Gasteiger partial charge in [-0.05, 0) is 30.2 Å². The van der Waals surface area contributed by atoms with Crippen molar-refractivity contribution in [3.8, 4) is 5.75 Å². The van der Waals surface area contributed by atoms with E-state index in [0.29, 0.717) is 12.1 Å². The molecule has 0 radical (unpaired) electrons. The van der Waals surface area contributed by atoms with Crippen molar-refractivity contribution < 1.29 is 28.2 Å². The Bertz CT molecular complexity index is 532. The molecule has 1 saturated heterocycles. The van der Waals surface area contributed by atoms with Gasteiger partial charge in [0.2, 0.25) is 0 Å². The van der Waals surface area contributed by atoms with Gasteiger partial charge in [0.05, 0.1) is 5.92 Å². The van der Waals surface area contributed by atoms with Crippen molar-refractivity contribution in [2.45, 2.75) is 13.5 Å². The van der Waals surface area contributed by atoms with Crippen LogP contribution in [0.4, 0.5) is 8.78 Å². The maximum Gasteiger partial charge on any atom is 0.387 e. The summed E-state index contributed by atoms with van der Waals surface area (Å²) < 4.78 is 28.3. The molecular weight excluding hydrogens is 284 g/mol. The Hall–Kier alpha value is -2.18. The molecule has 1 aromatic carbocycles. The fourth-order valence-corrected chi connectivity index (χ4v) is 2.42. The first-order valence-electron chi connectivity index (χ1n) is 6.45.